The largest absolute Gasteiger partial charge is 0.480 e. The maximum atomic E-state index is 11.7. The molecule has 94 valence electrons. The van der Waals surface area contributed by atoms with Crippen molar-refractivity contribution in [2.24, 2.45) is 0 Å². The van der Waals surface area contributed by atoms with E-state index in [2.05, 4.69) is 0 Å². The number of Topliss-reactive ketones (excluding diaryl/α,β-unsaturated/α-hetero) is 1. The van der Waals surface area contributed by atoms with Gasteiger partial charge in [0.05, 0.1) is 0 Å². The van der Waals surface area contributed by atoms with E-state index < -0.39 is 12.0 Å². The summed E-state index contributed by atoms with van der Waals surface area (Å²) in [4.78, 5) is 35.2. The molecule has 0 bridgehead atoms. The number of nitrogens with zero attached hydrogens (tertiary/aromatic N) is 1. The second kappa shape index (κ2) is 4.60. The minimum Gasteiger partial charge on any atom is -0.480 e. The van der Waals surface area contributed by atoms with Crippen LogP contribution < -0.4 is 4.90 Å². The SMILES string of the molecule is CC(=O)c1ccc(N2C(=O)CCC2C(=O)O)cc1. The van der Waals surface area contributed by atoms with Gasteiger partial charge in [0.25, 0.3) is 0 Å². The molecule has 2 rings (SSSR count). The van der Waals surface area contributed by atoms with E-state index >= 15 is 0 Å². The standard InChI is InChI=1S/C13H13NO4/c1-8(15)9-2-4-10(5-3-9)14-11(13(17)18)6-7-12(14)16/h2-5,11H,6-7H2,1H3,(H,17,18). The highest BCUT2D eigenvalue weighted by Crippen LogP contribution is 2.27. The third-order valence-corrected chi connectivity index (χ3v) is 3.05. The van der Waals surface area contributed by atoms with Crippen LogP contribution in [0.4, 0.5) is 5.69 Å². The summed E-state index contributed by atoms with van der Waals surface area (Å²) in [6, 6.07) is 5.61. The van der Waals surface area contributed by atoms with Crippen LogP contribution in [0.25, 0.3) is 0 Å². The maximum absolute atomic E-state index is 11.7. The predicted molar refractivity (Wildman–Crippen MR) is 64.6 cm³/mol. The molecule has 0 aromatic heterocycles. The van der Waals surface area contributed by atoms with Gasteiger partial charge in [0, 0.05) is 17.7 Å². The lowest BCUT2D eigenvalue weighted by Crippen LogP contribution is -2.38. The molecule has 0 radical (unpaired) electrons. The zero-order chi connectivity index (χ0) is 13.3. The Kier molecular flexibility index (Phi) is 3.14. The summed E-state index contributed by atoms with van der Waals surface area (Å²) >= 11 is 0. The molecule has 0 saturated carbocycles. The van der Waals surface area contributed by atoms with Gasteiger partial charge >= 0.3 is 5.97 Å². The van der Waals surface area contributed by atoms with Crippen LogP contribution in [0.1, 0.15) is 30.1 Å². The molecule has 1 N–H and O–H groups in total. The van der Waals surface area contributed by atoms with Crippen molar-refractivity contribution >= 4 is 23.3 Å². The summed E-state index contributed by atoms with van der Waals surface area (Å²) in [5.41, 5.74) is 1.06. The van der Waals surface area contributed by atoms with Crippen molar-refractivity contribution in [2.75, 3.05) is 4.90 Å². The Bertz CT molecular complexity index is 506. The number of aliphatic carboxylic acids is 1. The number of amides is 1. The number of ketones is 1. The Morgan fingerprint density at radius 2 is 1.89 bits per heavy atom. The average molecular weight is 247 g/mol. The molecule has 1 unspecified atom stereocenters. The van der Waals surface area contributed by atoms with E-state index in [1.165, 1.54) is 11.8 Å². The minimum atomic E-state index is -1.00. The van der Waals surface area contributed by atoms with Crippen LogP contribution >= 0.6 is 0 Å². The summed E-state index contributed by atoms with van der Waals surface area (Å²) in [6.07, 6.45) is 0.564. The van der Waals surface area contributed by atoms with Crippen LogP contribution in [-0.2, 0) is 9.59 Å². The lowest BCUT2D eigenvalue weighted by atomic mass is 10.1. The summed E-state index contributed by atoms with van der Waals surface area (Å²) in [6.45, 7) is 1.45. The van der Waals surface area contributed by atoms with E-state index in [1.54, 1.807) is 24.3 Å². The van der Waals surface area contributed by atoms with E-state index in [-0.39, 0.29) is 18.1 Å². The quantitative estimate of drug-likeness (QED) is 0.821. The summed E-state index contributed by atoms with van der Waals surface area (Å²) in [7, 11) is 0. The van der Waals surface area contributed by atoms with E-state index in [9.17, 15) is 14.4 Å². The topological polar surface area (TPSA) is 74.7 Å². The van der Waals surface area contributed by atoms with Crippen molar-refractivity contribution in [3.8, 4) is 0 Å². The molecule has 1 heterocycles. The van der Waals surface area contributed by atoms with E-state index in [0.29, 0.717) is 17.7 Å². The van der Waals surface area contributed by atoms with Gasteiger partial charge in [0.15, 0.2) is 5.78 Å². The van der Waals surface area contributed by atoms with Crippen molar-refractivity contribution in [2.45, 2.75) is 25.8 Å². The van der Waals surface area contributed by atoms with Gasteiger partial charge in [0.1, 0.15) is 6.04 Å². The van der Waals surface area contributed by atoms with Gasteiger partial charge in [-0.15, -0.1) is 0 Å². The van der Waals surface area contributed by atoms with Crippen LogP contribution in [0.2, 0.25) is 0 Å². The van der Waals surface area contributed by atoms with Crippen molar-refractivity contribution in [3.05, 3.63) is 29.8 Å². The molecular formula is C13H13NO4. The zero-order valence-corrected chi connectivity index (χ0v) is 9.92. The summed E-state index contributed by atoms with van der Waals surface area (Å²) in [5.74, 6) is -1.27. The average Bonchev–Trinajstić information content (AvgIpc) is 2.71. The number of carbonyl (C=O) groups excluding carboxylic acids is 2. The van der Waals surface area contributed by atoms with Crippen LogP contribution in [0, 0.1) is 0 Å². The normalized spacial score (nSPS) is 19.1. The molecule has 0 aliphatic carbocycles. The fraction of sp³-hybridized carbons (Fsp3) is 0.308. The lowest BCUT2D eigenvalue weighted by Gasteiger charge is -2.21. The number of rotatable bonds is 3. The fourth-order valence-corrected chi connectivity index (χ4v) is 2.10. The Morgan fingerprint density at radius 3 is 2.39 bits per heavy atom. The van der Waals surface area contributed by atoms with Crippen molar-refractivity contribution in [1.29, 1.82) is 0 Å². The highest BCUT2D eigenvalue weighted by molar-refractivity contribution is 6.02. The molecule has 0 spiro atoms. The number of hydrogen-bond acceptors (Lipinski definition) is 3. The van der Waals surface area contributed by atoms with Gasteiger partial charge in [-0.1, -0.05) is 0 Å². The molecule has 5 heteroatoms. The second-order valence-corrected chi connectivity index (χ2v) is 4.26. The zero-order valence-electron chi connectivity index (χ0n) is 9.92. The first kappa shape index (κ1) is 12.3. The molecule has 1 aliphatic heterocycles. The molecule has 1 amide bonds. The molecule has 1 saturated heterocycles. The van der Waals surface area contributed by atoms with Gasteiger partial charge in [-0.2, -0.15) is 0 Å². The molecular weight excluding hydrogens is 234 g/mol. The van der Waals surface area contributed by atoms with Crippen LogP contribution in [0.3, 0.4) is 0 Å². The molecule has 5 nitrogen and oxygen atoms in total. The van der Waals surface area contributed by atoms with Crippen molar-refractivity contribution in [3.63, 3.8) is 0 Å². The van der Waals surface area contributed by atoms with E-state index in [0.717, 1.165) is 0 Å². The first-order chi connectivity index (χ1) is 8.50. The van der Waals surface area contributed by atoms with Gasteiger partial charge in [-0.3, -0.25) is 14.5 Å². The molecule has 1 aromatic rings. The Balaban J connectivity index is 2.32. The maximum Gasteiger partial charge on any atom is 0.326 e. The first-order valence-electron chi connectivity index (χ1n) is 5.66. The number of carboxylic acid groups (broad SMARTS) is 1. The number of anilines is 1. The number of hydrogen-bond donors (Lipinski definition) is 1. The predicted octanol–water partition coefficient (Wildman–Crippen LogP) is 1.47. The fourth-order valence-electron chi connectivity index (χ4n) is 2.10. The van der Waals surface area contributed by atoms with Crippen molar-refractivity contribution < 1.29 is 19.5 Å². The Labute approximate surface area is 104 Å². The Hall–Kier alpha value is -2.17. The Morgan fingerprint density at radius 1 is 1.28 bits per heavy atom. The smallest absolute Gasteiger partial charge is 0.326 e. The molecule has 1 fully saturated rings. The number of benzene rings is 1. The van der Waals surface area contributed by atoms with Crippen LogP contribution in [0.15, 0.2) is 24.3 Å². The van der Waals surface area contributed by atoms with Gasteiger partial charge in [0.2, 0.25) is 5.91 Å². The lowest BCUT2D eigenvalue weighted by molar-refractivity contribution is -0.138. The van der Waals surface area contributed by atoms with Crippen LogP contribution in [0.5, 0.6) is 0 Å². The van der Waals surface area contributed by atoms with Gasteiger partial charge < -0.3 is 5.11 Å². The highest BCUT2D eigenvalue weighted by Gasteiger charge is 2.36. The second-order valence-electron chi connectivity index (χ2n) is 4.26. The monoisotopic (exact) mass is 247 g/mol. The van der Waals surface area contributed by atoms with Crippen molar-refractivity contribution in [1.82, 2.24) is 0 Å². The number of carboxylic acids is 1. The number of carbonyl (C=O) groups is 3. The van der Waals surface area contributed by atoms with E-state index in [4.69, 9.17) is 5.11 Å². The first-order valence-corrected chi connectivity index (χ1v) is 5.66. The third kappa shape index (κ3) is 2.11. The molecule has 1 atom stereocenters. The minimum absolute atomic E-state index is 0.0657. The van der Waals surface area contributed by atoms with Gasteiger partial charge in [-0.05, 0) is 37.6 Å². The molecule has 1 aliphatic rings. The highest BCUT2D eigenvalue weighted by atomic mass is 16.4. The van der Waals surface area contributed by atoms with E-state index in [1.807, 2.05) is 0 Å². The third-order valence-electron chi connectivity index (χ3n) is 3.05. The molecule has 18 heavy (non-hydrogen) atoms. The van der Waals surface area contributed by atoms with Gasteiger partial charge in [-0.25, -0.2) is 4.79 Å². The molecule has 1 aromatic carbocycles. The van der Waals surface area contributed by atoms with Crippen LogP contribution in [-0.4, -0.2) is 28.8 Å². The summed E-state index contributed by atoms with van der Waals surface area (Å²) in [5, 5.41) is 9.06. The summed E-state index contributed by atoms with van der Waals surface area (Å²) < 4.78 is 0.